The van der Waals surface area contributed by atoms with Crippen molar-refractivity contribution < 1.29 is 8.42 Å². The number of hydrogen-bond donors (Lipinski definition) is 1. The molecule has 0 aliphatic carbocycles. The van der Waals surface area contributed by atoms with Gasteiger partial charge in [-0.1, -0.05) is 13.0 Å². The van der Waals surface area contributed by atoms with E-state index in [4.69, 9.17) is 0 Å². The van der Waals surface area contributed by atoms with E-state index in [0.717, 1.165) is 10.6 Å². The Bertz CT molecular complexity index is 684. The van der Waals surface area contributed by atoms with Crippen LogP contribution in [0.15, 0.2) is 39.1 Å². The normalized spacial score (nSPS) is 13.3. The monoisotopic (exact) mass is 374 g/mol. The summed E-state index contributed by atoms with van der Waals surface area (Å²) in [5.74, 6) is 0. The van der Waals surface area contributed by atoms with Crippen LogP contribution in [0.2, 0.25) is 0 Å². The number of thiazole rings is 1. The Kier molecular flexibility index (Phi) is 4.95. The summed E-state index contributed by atoms with van der Waals surface area (Å²) in [7, 11) is -3.58. The van der Waals surface area contributed by atoms with Gasteiger partial charge in [-0.3, -0.25) is 0 Å². The van der Waals surface area contributed by atoms with Crippen LogP contribution in [0.4, 0.5) is 0 Å². The second-order valence-electron chi connectivity index (χ2n) is 4.39. The van der Waals surface area contributed by atoms with Gasteiger partial charge in [-0.25, -0.2) is 18.1 Å². The summed E-state index contributed by atoms with van der Waals surface area (Å²) >= 11 is 4.76. The highest BCUT2D eigenvalue weighted by molar-refractivity contribution is 9.10. The molecule has 7 heteroatoms. The summed E-state index contributed by atoms with van der Waals surface area (Å²) in [5, 5.41) is 2.62. The predicted molar refractivity (Wildman–Crippen MR) is 84.3 cm³/mol. The summed E-state index contributed by atoms with van der Waals surface area (Å²) in [4.78, 5) is 4.43. The van der Waals surface area contributed by atoms with Crippen molar-refractivity contribution in [2.75, 3.05) is 0 Å². The lowest BCUT2D eigenvalue weighted by Crippen LogP contribution is -2.28. The van der Waals surface area contributed by atoms with Crippen LogP contribution in [-0.2, 0) is 10.0 Å². The molecule has 0 fully saturated rings. The molecule has 20 heavy (non-hydrogen) atoms. The molecule has 2 aromatic rings. The summed E-state index contributed by atoms with van der Waals surface area (Å²) in [6, 6.07) is 4.88. The van der Waals surface area contributed by atoms with Gasteiger partial charge in [0.05, 0.1) is 10.9 Å². The lowest BCUT2D eigenvalue weighted by Gasteiger charge is -2.15. The van der Waals surface area contributed by atoms with E-state index in [-0.39, 0.29) is 10.9 Å². The minimum absolute atomic E-state index is 0.248. The molecule has 1 unspecified atom stereocenters. The third-order valence-electron chi connectivity index (χ3n) is 2.83. The first-order valence-corrected chi connectivity index (χ1v) is 9.27. The molecule has 0 bridgehead atoms. The summed E-state index contributed by atoms with van der Waals surface area (Å²) in [6.45, 7) is 3.85. The van der Waals surface area contributed by atoms with Crippen molar-refractivity contribution >= 4 is 37.3 Å². The molecule has 1 atom stereocenters. The highest BCUT2D eigenvalue weighted by Gasteiger charge is 2.23. The lowest BCUT2D eigenvalue weighted by molar-refractivity contribution is 0.548. The Morgan fingerprint density at radius 2 is 2.20 bits per heavy atom. The number of rotatable bonds is 5. The Labute approximate surface area is 131 Å². The van der Waals surface area contributed by atoms with E-state index in [1.165, 1.54) is 11.3 Å². The van der Waals surface area contributed by atoms with Crippen LogP contribution in [0.5, 0.6) is 0 Å². The van der Waals surface area contributed by atoms with Gasteiger partial charge in [0.15, 0.2) is 0 Å². The van der Waals surface area contributed by atoms with Crippen LogP contribution in [0.1, 0.15) is 30.0 Å². The van der Waals surface area contributed by atoms with Gasteiger partial charge in [-0.15, -0.1) is 11.3 Å². The fraction of sp³-hybridized carbons (Fsp3) is 0.308. The second kappa shape index (κ2) is 6.34. The first kappa shape index (κ1) is 15.6. The van der Waals surface area contributed by atoms with Gasteiger partial charge >= 0.3 is 0 Å². The molecule has 0 aliphatic heterocycles. The number of halogens is 1. The molecule has 0 spiro atoms. The molecule has 108 valence electrons. The van der Waals surface area contributed by atoms with Crippen LogP contribution in [0.3, 0.4) is 0 Å². The molecule has 2 rings (SSSR count). The number of nitrogens with one attached hydrogen (secondary N) is 1. The quantitative estimate of drug-likeness (QED) is 0.868. The van der Waals surface area contributed by atoms with Crippen molar-refractivity contribution in [3.05, 3.63) is 44.8 Å². The maximum Gasteiger partial charge on any atom is 0.242 e. The van der Waals surface area contributed by atoms with Gasteiger partial charge in [0.1, 0.15) is 5.01 Å². The van der Waals surface area contributed by atoms with Gasteiger partial charge in [0.25, 0.3) is 0 Å². The topological polar surface area (TPSA) is 59.1 Å². The Hall–Kier alpha value is -0.760. The maximum absolute atomic E-state index is 12.5. The molecule has 0 saturated heterocycles. The van der Waals surface area contributed by atoms with E-state index in [1.54, 1.807) is 24.4 Å². The van der Waals surface area contributed by atoms with Crippen LogP contribution in [0, 0.1) is 6.92 Å². The fourth-order valence-electron chi connectivity index (χ4n) is 1.79. The van der Waals surface area contributed by atoms with Crippen LogP contribution in [-0.4, -0.2) is 13.4 Å². The van der Waals surface area contributed by atoms with E-state index in [9.17, 15) is 8.42 Å². The van der Waals surface area contributed by atoms with Gasteiger partial charge in [-0.2, -0.15) is 0 Å². The second-order valence-corrected chi connectivity index (χ2v) is 7.85. The molecule has 0 aliphatic rings. The van der Waals surface area contributed by atoms with Crippen LogP contribution < -0.4 is 4.72 Å². The molecule has 0 amide bonds. The predicted octanol–water partition coefficient (Wildman–Crippen LogP) is 3.64. The van der Waals surface area contributed by atoms with Crippen LogP contribution in [0.25, 0.3) is 0 Å². The standard InChI is InChI=1S/C13H15BrN2O2S2/c1-3-11(13-15-6-7-19-13)16-20(17,18)12-5-4-9(2)8-10(12)14/h4-8,11,16H,3H2,1-2H3. The summed E-state index contributed by atoms with van der Waals surface area (Å²) in [5.41, 5.74) is 1.00. The third kappa shape index (κ3) is 3.46. The summed E-state index contributed by atoms with van der Waals surface area (Å²) < 4.78 is 28.2. The van der Waals surface area contributed by atoms with Crippen molar-refractivity contribution in [3.8, 4) is 0 Å². The molecule has 1 heterocycles. The van der Waals surface area contributed by atoms with Crippen LogP contribution >= 0.6 is 27.3 Å². The van der Waals surface area contributed by atoms with Crippen molar-refractivity contribution in [1.82, 2.24) is 9.71 Å². The molecular weight excluding hydrogens is 360 g/mol. The third-order valence-corrected chi connectivity index (χ3v) is 6.17. The molecule has 4 nitrogen and oxygen atoms in total. The number of sulfonamides is 1. The van der Waals surface area contributed by atoms with Gasteiger partial charge < -0.3 is 0 Å². The van der Waals surface area contributed by atoms with E-state index in [0.29, 0.717) is 10.9 Å². The van der Waals surface area contributed by atoms with Gasteiger partial charge in [0.2, 0.25) is 10.0 Å². The first-order valence-electron chi connectivity index (χ1n) is 6.12. The van der Waals surface area contributed by atoms with Crippen molar-refractivity contribution in [2.24, 2.45) is 0 Å². The molecule has 1 N–H and O–H groups in total. The average Bonchev–Trinajstić information content (AvgIpc) is 2.89. The lowest BCUT2D eigenvalue weighted by atomic mass is 10.2. The minimum atomic E-state index is -3.58. The van der Waals surface area contributed by atoms with E-state index >= 15 is 0 Å². The Morgan fingerprint density at radius 1 is 1.45 bits per heavy atom. The van der Waals surface area contributed by atoms with Crippen molar-refractivity contribution in [1.29, 1.82) is 0 Å². The molecule has 1 aromatic carbocycles. The number of benzene rings is 1. The number of nitrogens with zero attached hydrogens (tertiary/aromatic N) is 1. The molecule has 1 aromatic heterocycles. The fourth-order valence-corrected chi connectivity index (χ4v) is 5.11. The number of aryl methyl sites for hydroxylation is 1. The number of hydrogen-bond acceptors (Lipinski definition) is 4. The molecular formula is C13H15BrN2O2S2. The van der Waals surface area contributed by atoms with Gasteiger partial charge in [-0.05, 0) is 47.0 Å². The first-order chi connectivity index (χ1) is 9.44. The average molecular weight is 375 g/mol. The zero-order valence-corrected chi connectivity index (χ0v) is 14.3. The Morgan fingerprint density at radius 3 is 2.75 bits per heavy atom. The highest BCUT2D eigenvalue weighted by Crippen LogP contribution is 2.26. The van der Waals surface area contributed by atoms with Crippen molar-refractivity contribution in [3.63, 3.8) is 0 Å². The largest absolute Gasteiger partial charge is 0.248 e. The number of aromatic nitrogens is 1. The Balaban J connectivity index is 2.31. The molecule has 0 radical (unpaired) electrons. The minimum Gasteiger partial charge on any atom is -0.248 e. The smallest absolute Gasteiger partial charge is 0.242 e. The van der Waals surface area contributed by atoms with E-state index < -0.39 is 10.0 Å². The SMILES string of the molecule is CCC(NS(=O)(=O)c1ccc(C)cc1Br)c1nccs1. The highest BCUT2D eigenvalue weighted by atomic mass is 79.9. The van der Waals surface area contributed by atoms with E-state index in [2.05, 4.69) is 25.6 Å². The molecule has 0 saturated carbocycles. The van der Waals surface area contributed by atoms with E-state index in [1.807, 2.05) is 19.2 Å². The zero-order chi connectivity index (χ0) is 14.8. The van der Waals surface area contributed by atoms with Crippen molar-refractivity contribution in [2.45, 2.75) is 31.2 Å². The van der Waals surface area contributed by atoms with Gasteiger partial charge in [0, 0.05) is 16.0 Å². The maximum atomic E-state index is 12.5. The summed E-state index contributed by atoms with van der Waals surface area (Å²) in [6.07, 6.45) is 2.33. The zero-order valence-electron chi connectivity index (χ0n) is 11.1.